The second kappa shape index (κ2) is 4.61. The first kappa shape index (κ1) is 10.4. The van der Waals surface area contributed by atoms with Gasteiger partial charge in [-0.3, -0.25) is 10.1 Å². The van der Waals surface area contributed by atoms with Gasteiger partial charge in [-0.15, -0.1) is 0 Å². The Morgan fingerprint density at radius 3 is 2.87 bits per heavy atom. The number of pyridine rings is 1. The summed E-state index contributed by atoms with van der Waals surface area (Å²) in [5, 5.41) is 6.62. The lowest BCUT2D eigenvalue weighted by atomic mass is 10.2. The lowest BCUT2D eigenvalue weighted by molar-refractivity contribution is 0.556. The molecule has 0 atom stereocenters. The van der Waals surface area contributed by atoms with Gasteiger partial charge in [-0.1, -0.05) is 24.3 Å². The normalized spacial score (nSPS) is 11.1. The first-order valence-electron chi connectivity index (χ1n) is 4.72. The Morgan fingerprint density at radius 2 is 2.07 bits per heavy atom. The number of benzene rings is 1. The van der Waals surface area contributed by atoms with Crippen LogP contribution < -0.4 is 5.14 Å². The highest BCUT2D eigenvalue weighted by Crippen LogP contribution is 2.13. The molecule has 2 aromatic rings. The molecule has 0 aliphatic carbocycles. The first-order chi connectivity index (χ1) is 7.29. The molecule has 0 saturated heterocycles. The van der Waals surface area contributed by atoms with Crippen molar-refractivity contribution < 1.29 is 0 Å². The highest BCUT2D eigenvalue weighted by molar-refractivity contribution is 7.94. The number of nitrogens with two attached hydrogens (primary N) is 1. The molecule has 78 valence electrons. The average Bonchev–Trinajstić information content (AvgIpc) is 2.29. The van der Waals surface area contributed by atoms with Gasteiger partial charge in [0.05, 0.1) is 17.8 Å². The minimum Gasteiger partial charge on any atom is -0.264 e. The van der Waals surface area contributed by atoms with Gasteiger partial charge in [-0.05, 0) is 19.2 Å². The summed E-state index contributed by atoms with van der Waals surface area (Å²) in [6, 6.07) is 12.2. The van der Waals surface area contributed by atoms with Crippen LogP contribution in [0, 0.1) is 0 Å². The molecular weight excluding hydrogens is 206 g/mol. The Kier molecular flexibility index (Phi) is 3.20. The van der Waals surface area contributed by atoms with E-state index >= 15 is 0 Å². The largest absolute Gasteiger partial charge is 0.264 e. The van der Waals surface area contributed by atoms with E-state index in [2.05, 4.69) is 17.1 Å². The second-order valence-corrected chi connectivity index (χ2v) is 4.22. The van der Waals surface area contributed by atoms with Crippen molar-refractivity contribution >= 4 is 23.0 Å². The van der Waals surface area contributed by atoms with Gasteiger partial charge in [0, 0.05) is 17.5 Å². The molecule has 0 saturated carbocycles. The third-order valence-electron chi connectivity index (χ3n) is 2.22. The van der Waals surface area contributed by atoms with E-state index in [4.69, 9.17) is 5.14 Å². The number of hydrogen-bond acceptors (Lipinski definition) is 4. The fourth-order valence-electron chi connectivity index (χ4n) is 1.46. The molecular formula is C11H13N3S. The molecule has 0 amide bonds. The summed E-state index contributed by atoms with van der Waals surface area (Å²) in [5.41, 5.74) is 2.07. The van der Waals surface area contributed by atoms with Gasteiger partial charge in [0.25, 0.3) is 0 Å². The molecule has 15 heavy (non-hydrogen) atoms. The molecule has 1 aromatic heterocycles. The molecule has 0 aliphatic heterocycles. The van der Waals surface area contributed by atoms with Crippen LogP contribution in [-0.4, -0.2) is 16.3 Å². The third kappa shape index (κ3) is 2.47. The number of nitrogens with zero attached hydrogens (tertiary/aromatic N) is 2. The molecule has 2 N–H and O–H groups in total. The third-order valence-corrected chi connectivity index (χ3v) is 2.71. The van der Waals surface area contributed by atoms with E-state index in [1.165, 1.54) is 17.5 Å². The van der Waals surface area contributed by atoms with Crippen LogP contribution in [0.3, 0.4) is 0 Å². The zero-order chi connectivity index (χ0) is 10.7. The molecule has 0 bridgehead atoms. The Morgan fingerprint density at radius 1 is 1.27 bits per heavy atom. The summed E-state index contributed by atoms with van der Waals surface area (Å²) in [7, 11) is 1.95. The van der Waals surface area contributed by atoms with Crippen LogP contribution in [-0.2, 0) is 6.54 Å². The van der Waals surface area contributed by atoms with Crippen molar-refractivity contribution in [2.45, 2.75) is 6.54 Å². The van der Waals surface area contributed by atoms with Crippen LogP contribution in [0.2, 0.25) is 0 Å². The number of fused-ring (bicyclic) bond motifs is 1. The maximum Gasteiger partial charge on any atom is 0.0705 e. The van der Waals surface area contributed by atoms with Gasteiger partial charge in [-0.25, -0.2) is 4.31 Å². The molecule has 0 unspecified atom stereocenters. The van der Waals surface area contributed by atoms with Crippen molar-refractivity contribution in [1.29, 1.82) is 0 Å². The zero-order valence-corrected chi connectivity index (χ0v) is 9.37. The average molecular weight is 219 g/mol. The van der Waals surface area contributed by atoms with Crippen LogP contribution in [0.5, 0.6) is 0 Å². The fourth-order valence-corrected chi connectivity index (χ4v) is 1.67. The van der Waals surface area contributed by atoms with Crippen molar-refractivity contribution in [3.63, 3.8) is 0 Å². The Labute approximate surface area is 93.6 Å². The van der Waals surface area contributed by atoms with Gasteiger partial charge in [-0.2, -0.15) is 0 Å². The summed E-state index contributed by atoms with van der Waals surface area (Å²) in [6.45, 7) is 0.756. The van der Waals surface area contributed by atoms with Crippen molar-refractivity contribution in [1.82, 2.24) is 9.29 Å². The number of para-hydroxylation sites is 1. The summed E-state index contributed by atoms with van der Waals surface area (Å²) in [4.78, 5) is 4.55. The van der Waals surface area contributed by atoms with E-state index in [0.29, 0.717) is 0 Å². The molecule has 1 aromatic carbocycles. The summed E-state index contributed by atoms with van der Waals surface area (Å²) >= 11 is 1.22. The molecule has 0 aliphatic rings. The quantitative estimate of drug-likeness (QED) is 0.803. The molecule has 3 nitrogen and oxygen atoms in total. The van der Waals surface area contributed by atoms with Crippen molar-refractivity contribution in [2.75, 3.05) is 7.05 Å². The zero-order valence-electron chi connectivity index (χ0n) is 8.55. The Balaban J connectivity index is 2.30. The van der Waals surface area contributed by atoms with Gasteiger partial charge < -0.3 is 0 Å². The molecule has 4 heteroatoms. The molecule has 0 radical (unpaired) electrons. The summed E-state index contributed by atoms with van der Waals surface area (Å²) in [6.07, 6.45) is 0. The summed E-state index contributed by atoms with van der Waals surface area (Å²) in [5.74, 6) is 0. The van der Waals surface area contributed by atoms with E-state index in [1.807, 2.05) is 35.6 Å². The highest BCUT2D eigenvalue weighted by atomic mass is 32.2. The van der Waals surface area contributed by atoms with Gasteiger partial charge in [0.2, 0.25) is 0 Å². The predicted molar refractivity (Wildman–Crippen MR) is 65.0 cm³/mol. The van der Waals surface area contributed by atoms with Crippen LogP contribution in [0.15, 0.2) is 36.4 Å². The maximum absolute atomic E-state index is 5.45. The molecule has 1 heterocycles. The topological polar surface area (TPSA) is 42.2 Å². The van der Waals surface area contributed by atoms with E-state index in [0.717, 1.165) is 17.8 Å². The fraction of sp³-hybridized carbons (Fsp3) is 0.182. The van der Waals surface area contributed by atoms with Crippen LogP contribution >= 0.6 is 12.1 Å². The highest BCUT2D eigenvalue weighted by Gasteiger charge is 2.01. The van der Waals surface area contributed by atoms with E-state index < -0.39 is 0 Å². The standard InChI is InChI=1S/C11H13N3S/c1-14(15-12)8-10-7-6-9-4-2-3-5-11(9)13-10/h2-7H,8,12H2,1H3. The molecule has 0 spiro atoms. The van der Waals surface area contributed by atoms with Crippen LogP contribution in [0.25, 0.3) is 10.9 Å². The van der Waals surface area contributed by atoms with Crippen LogP contribution in [0.1, 0.15) is 5.69 Å². The predicted octanol–water partition coefficient (Wildman–Crippen LogP) is 2.19. The van der Waals surface area contributed by atoms with Gasteiger partial charge in [0.1, 0.15) is 0 Å². The minimum absolute atomic E-state index is 0.756. The minimum atomic E-state index is 0.756. The SMILES string of the molecule is CN(Cc1ccc2ccccc2n1)SN. The lowest BCUT2D eigenvalue weighted by Gasteiger charge is -2.11. The van der Waals surface area contributed by atoms with Crippen LogP contribution in [0.4, 0.5) is 0 Å². The number of aromatic nitrogens is 1. The second-order valence-electron chi connectivity index (χ2n) is 3.39. The van der Waals surface area contributed by atoms with E-state index in [-0.39, 0.29) is 0 Å². The van der Waals surface area contributed by atoms with Crippen molar-refractivity contribution in [3.8, 4) is 0 Å². The van der Waals surface area contributed by atoms with E-state index in [1.54, 1.807) is 0 Å². The number of hydrogen-bond donors (Lipinski definition) is 1. The molecule has 0 fully saturated rings. The lowest BCUT2D eigenvalue weighted by Crippen LogP contribution is -2.12. The first-order valence-corrected chi connectivity index (χ1v) is 5.56. The Hall–Kier alpha value is -1.10. The number of rotatable bonds is 3. The smallest absolute Gasteiger partial charge is 0.0705 e. The van der Waals surface area contributed by atoms with E-state index in [9.17, 15) is 0 Å². The Bertz CT molecular complexity index is 458. The van der Waals surface area contributed by atoms with Gasteiger partial charge in [0.15, 0.2) is 0 Å². The maximum atomic E-state index is 5.45. The van der Waals surface area contributed by atoms with Crippen molar-refractivity contribution in [3.05, 3.63) is 42.1 Å². The monoisotopic (exact) mass is 219 g/mol. The van der Waals surface area contributed by atoms with Crippen molar-refractivity contribution in [2.24, 2.45) is 5.14 Å². The van der Waals surface area contributed by atoms with Gasteiger partial charge >= 0.3 is 0 Å². The molecule has 2 rings (SSSR count). The summed E-state index contributed by atoms with van der Waals surface area (Å²) < 4.78 is 1.94.